The summed E-state index contributed by atoms with van der Waals surface area (Å²) in [5.74, 6) is 0.960. The number of benzene rings is 2. The van der Waals surface area contributed by atoms with E-state index in [0.717, 1.165) is 33.5 Å². The second-order valence-electron chi connectivity index (χ2n) is 8.50. The molecule has 0 spiro atoms. The second-order valence-corrected chi connectivity index (χ2v) is 8.50. The van der Waals surface area contributed by atoms with E-state index < -0.39 is 0 Å². The maximum atomic E-state index is 13.0. The maximum Gasteiger partial charge on any atom is 0.186 e. The van der Waals surface area contributed by atoms with Crippen molar-refractivity contribution in [1.29, 1.82) is 0 Å². The van der Waals surface area contributed by atoms with Crippen LogP contribution < -0.4 is 0 Å². The van der Waals surface area contributed by atoms with Gasteiger partial charge >= 0.3 is 0 Å². The lowest BCUT2D eigenvalue weighted by molar-refractivity contribution is 0.327. The van der Waals surface area contributed by atoms with Crippen molar-refractivity contribution in [3.8, 4) is 17.1 Å². The molecule has 0 bridgehead atoms. The summed E-state index contributed by atoms with van der Waals surface area (Å²) < 4.78 is 0. The number of hydrogen-bond donors (Lipinski definition) is 1. The second kappa shape index (κ2) is 5.37. The molecular formula is C21H25N2O. The van der Waals surface area contributed by atoms with Gasteiger partial charge in [0.1, 0.15) is 5.82 Å². The first kappa shape index (κ1) is 16.6. The molecule has 1 radical (unpaired) electrons. The molecule has 0 fully saturated rings. The SMILES string of the molecule is CC(C)(C)c1cc(-c2nc3ccccc3[nH]2)cc(C(C)(C)C)c1[O]. The van der Waals surface area contributed by atoms with Gasteiger partial charge in [0.25, 0.3) is 0 Å². The summed E-state index contributed by atoms with van der Waals surface area (Å²) in [6.07, 6.45) is 0. The summed E-state index contributed by atoms with van der Waals surface area (Å²) in [5.41, 5.74) is 4.18. The zero-order chi connectivity index (χ0) is 17.7. The standard InChI is InChI=1S/C21H25N2O/c1-20(2,3)14-11-13(12-15(18(14)24)21(4,5)6)19-22-16-9-7-8-10-17(16)23-19/h7-12H,1-6H3,(H,22,23). The molecule has 3 nitrogen and oxygen atoms in total. The minimum atomic E-state index is -0.209. The van der Waals surface area contributed by atoms with Crippen LogP contribution in [0.4, 0.5) is 0 Å². The summed E-state index contributed by atoms with van der Waals surface area (Å²) >= 11 is 0. The van der Waals surface area contributed by atoms with Crippen LogP contribution in [0.25, 0.3) is 22.4 Å². The molecule has 0 amide bonds. The van der Waals surface area contributed by atoms with Gasteiger partial charge in [0.05, 0.1) is 11.0 Å². The zero-order valence-electron chi connectivity index (χ0n) is 15.3. The van der Waals surface area contributed by atoms with Crippen LogP contribution in [-0.4, -0.2) is 9.97 Å². The lowest BCUT2D eigenvalue weighted by Gasteiger charge is -2.26. The molecule has 3 rings (SSSR count). The number of aromatic nitrogens is 2. The van der Waals surface area contributed by atoms with Gasteiger partial charge in [0.2, 0.25) is 0 Å². The number of rotatable bonds is 1. The third-order valence-electron chi connectivity index (χ3n) is 4.37. The van der Waals surface area contributed by atoms with E-state index in [1.807, 2.05) is 36.4 Å². The highest BCUT2D eigenvalue weighted by atomic mass is 16.3. The van der Waals surface area contributed by atoms with E-state index in [-0.39, 0.29) is 16.6 Å². The summed E-state index contributed by atoms with van der Waals surface area (Å²) in [6.45, 7) is 12.5. The van der Waals surface area contributed by atoms with E-state index >= 15 is 0 Å². The van der Waals surface area contributed by atoms with Gasteiger partial charge in [0, 0.05) is 16.7 Å². The Hall–Kier alpha value is -2.29. The molecular weight excluding hydrogens is 296 g/mol. The van der Waals surface area contributed by atoms with E-state index in [0.29, 0.717) is 0 Å². The zero-order valence-corrected chi connectivity index (χ0v) is 15.3. The Morgan fingerprint density at radius 2 is 1.42 bits per heavy atom. The maximum absolute atomic E-state index is 13.0. The normalized spacial score (nSPS) is 12.8. The topological polar surface area (TPSA) is 48.6 Å². The van der Waals surface area contributed by atoms with Crippen LogP contribution >= 0.6 is 0 Å². The van der Waals surface area contributed by atoms with Crippen molar-refractivity contribution in [3.63, 3.8) is 0 Å². The fourth-order valence-corrected chi connectivity index (χ4v) is 2.97. The molecule has 0 aliphatic heterocycles. The van der Waals surface area contributed by atoms with Gasteiger partial charge in [-0.1, -0.05) is 53.7 Å². The molecule has 0 saturated heterocycles. The van der Waals surface area contributed by atoms with E-state index in [9.17, 15) is 5.11 Å². The molecule has 1 heterocycles. The van der Waals surface area contributed by atoms with Crippen LogP contribution in [0.5, 0.6) is 5.75 Å². The van der Waals surface area contributed by atoms with E-state index in [1.165, 1.54) is 0 Å². The Labute approximate surface area is 143 Å². The monoisotopic (exact) mass is 321 g/mol. The molecule has 1 aromatic heterocycles. The minimum absolute atomic E-state index is 0.148. The molecule has 2 aromatic carbocycles. The van der Waals surface area contributed by atoms with Crippen molar-refractivity contribution < 1.29 is 5.11 Å². The molecule has 0 atom stereocenters. The average molecular weight is 321 g/mol. The van der Waals surface area contributed by atoms with Crippen molar-refractivity contribution in [2.45, 2.75) is 52.4 Å². The predicted octanol–water partition coefficient (Wildman–Crippen LogP) is 5.97. The van der Waals surface area contributed by atoms with Crippen molar-refractivity contribution in [2.75, 3.05) is 0 Å². The Kier molecular flexibility index (Phi) is 3.71. The molecule has 1 N–H and O–H groups in total. The van der Waals surface area contributed by atoms with Gasteiger partial charge < -0.3 is 4.98 Å². The van der Waals surface area contributed by atoms with Crippen molar-refractivity contribution in [3.05, 3.63) is 47.5 Å². The van der Waals surface area contributed by atoms with Gasteiger partial charge in [-0.15, -0.1) is 0 Å². The van der Waals surface area contributed by atoms with E-state index in [4.69, 9.17) is 4.98 Å². The van der Waals surface area contributed by atoms with Gasteiger partial charge in [-0.3, -0.25) is 5.11 Å². The smallest absolute Gasteiger partial charge is 0.186 e. The number of aromatic amines is 1. The number of fused-ring (bicyclic) bond motifs is 1. The van der Waals surface area contributed by atoms with Crippen LogP contribution in [0.1, 0.15) is 52.7 Å². The van der Waals surface area contributed by atoms with Crippen LogP contribution in [0.15, 0.2) is 36.4 Å². The third kappa shape index (κ3) is 2.91. The molecule has 0 aliphatic rings. The molecule has 0 saturated carbocycles. The molecule has 3 aromatic rings. The van der Waals surface area contributed by atoms with Gasteiger partial charge in [-0.05, 0) is 35.1 Å². The minimum Gasteiger partial charge on any atom is -0.338 e. The highest BCUT2D eigenvalue weighted by Crippen LogP contribution is 2.42. The number of nitrogens with zero attached hydrogens (tertiary/aromatic N) is 1. The number of nitrogens with one attached hydrogen (secondary N) is 1. The Morgan fingerprint density at radius 1 is 0.875 bits per heavy atom. The number of para-hydroxylation sites is 2. The lowest BCUT2D eigenvalue weighted by atomic mass is 9.78. The largest absolute Gasteiger partial charge is 0.338 e. The summed E-state index contributed by atoms with van der Waals surface area (Å²) in [6, 6.07) is 12.0. The fourth-order valence-electron chi connectivity index (χ4n) is 2.97. The lowest BCUT2D eigenvalue weighted by Crippen LogP contribution is -2.17. The Bertz CT molecular complexity index is 824. The van der Waals surface area contributed by atoms with Crippen LogP contribution in [-0.2, 0) is 15.9 Å². The predicted molar refractivity (Wildman–Crippen MR) is 99.1 cm³/mol. The first-order valence-electron chi connectivity index (χ1n) is 8.38. The van der Waals surface area contributed by atoms with Crippen molar-refractivity contribution >= 4 is 11.0 Å². The molecule has 0 unspecified atom stereocenters. The Balaban J connectivity index is 2.28. The van der Waals surface area contributed by atoms with Gasteiger partial charge in [-0.2, -0.15) is 0 Å². The number of H-pyrrole nitrogens is 1. The third-order valence-corrected chi connectivity index (χ3v) is 4.37. The number of hydrogen-bond acceptors (Lipinski definition) is 1. The summed E-state index contributed by atoms with van der Waals surface area (Å²) in [4.78, 5) is 8.08. The Morgan fingerprint density at radius 3 is 1.92 bits per heavy atom. The fraction of sp³-hybridized carbons (Fsp3) is 0.381. The molecule has 24 heavy (non-hydrogen) atoms. The highest BCUT2D eigenvalue weighted by Gasteiger charge is 2.28. The van der Waals surface area contributed by atoms with Crippen LogP contribution in [0.2, 0.25) is 0 Å². The van der Waals surface area contributed by atoms with Crippen molar-refractivity contribution in [1.82, 2.24) is 9.97 Å². The average Bonchev–Trinajstić information content (AvgIpc) is 2.88. The van der Waals surface area contributed by atoms with E-state index in [2.05, 4.69) is 46.5 Å². The van der Waals surface area contributed by atoms with Crippen LogP contribution in [0.3, 0.4) is 0 Å². The first-order valence-corrected chi connectivity index (χ1v) is 8.38. The van der Waals surface area contributed by atoms with Crippen LogP contribution in [0, 0.1) is 0 Å². The van der Waals surface area contributed by atoms with Gasteiger partial charge in [0.15, 0.2) is 5.75 Å². The molecule has 0 aliphatic carbocycles. The summed E-state index contributed by atoms with van der Waals surface area (Å²) in [7, 11) is 0. The van der Waals surface area contributed by atoms with E-state index in [1.54, 1.807) is 0 Å². The summed E-state index contributed by atoms with van der Waals surface area (Å²) in [5, 5.41) is 13.0. The van der Waals surface area contributed by atoms with Crippen molar-refractivity contribution in [2.24, 2.45) is 0 Å². The number of imidazole rings is 1. The first-order chi connectivity index (χ1) is 11.1. The molecule has 3 heteroatoms. The molecule has 125 valence electrons. The highest BCUT2D eigenvalue weighted by molar-refractivity contribution is 5.79. The quantitative estimate of drug-likeness (QED) is 0.590. The van der Waals surface area contributed by atoms with Gasteiger partial charge in [-0.25, -0.2) is 4.98 Å².